The van der Waals surface area contributed by atoms with Crippen molar-refractivity contribution in [1.82, 2.24) is 4.57 Å². The third kappa shape index (κ3) is 4.25. The van der Waals surface area contributed by atoms with Crippen LogP contribution in [0.5, 0.6) is 0 Å². The van der Waals surface area contributed by atoms with Crippen molar-refractivity contribution in [2.24, 2.45) is 0 Å². The summed E-state index contributed by atoms with van der Waals surface area (Å²) in [6.07, 6.45) is 4.04. The van der Waals surface area contributed by atoms with Gasteiger partial charge in [-0.25, -0.2) is 0 Å². The summed E-state index contributed by atoms with van der Waals surface area (Å²) in [5, 5.41) is 0. The van der Waals surface area contributed by atoms with Crippen molar-refractivity contribution >= 4 is 17.4 Å². The average Bonchev–Trinajstić information content (AvgIpc) is 2.98. The molecule has 1 aromatic carbocycles. The van der Waals surface area contributed by atoms with Crippen LogP contribution >= 0.6 is 0 Å². The first-order valence-corrected chi connectivity index (χ1v) is 8.18. The van der Waals surface area contributed by atoms with E-state index in [1.165, 1.54) is 0 Å². The molecule has 128 valence electrons. The first kappa shape index (κ1) is 17.8. The van der Waals surface area contributed by atoms with Crippen LogP contribution in [0.3, 0.4) is 0 Å². The van der Waals surface area contributed by atoms with Crippen molar-refractivity contribution in [2.75, 3.05) is 12.3 Å². The minimum absolute atomic E-state index is 0.0337. The van der Waals surface area contributed by atoms with Crippen LogP contribution in [-0.4, -0.2) is 22.9 Å². The normalized spacial score (nSPS) is 10.8. The van der Waals surface area contributed by atoms with E-state index in [9.17, 15) is 9.59 Å². The Kier molecular flexibility index (Phi) is 5.79. The molecule has 5 nitrogen and oxygen atoms in total. The number of benzene rings is 1. The van der Waals surface area contributed by atoms with Gasteiger partial charge in [-0.1, -0.05) is 13.8 Å². The number of nitrogen functional groups attached to an aromatic ring is 1. The van der Waals surface area contributed by atoms with E-state index >= 15 is 0 Å². The molecule has 0 atom stereocenters. The summed E-state index contributed by atoms with van der Waals surface area (Å²) in [4.78, 5) is 24.3. The number of anilines is 1. The summed E-state index contributed by atoms with van der Waals surface area (Å²) in [5.41, 5.74) is 8.55. The number of carbonyl (C=O) groups excluding carboxylic acids is 2. The fourth-order valence-electron chi connectivity index (χ4n) is 2.55. The summed E-state index contributed by atoms with van der Waals surface area (Å²) < 4.78 is 6.83. The van der Waals surface area contributed by atoms with E-state index < -0.39 is 0 Å². The van der Waals surface area contributed by atoms with Crippen LogP contribution in [0.4, 0.5) is 5.69 Å². The standard InChI is InChI=1S/C19H24N2O3/c1-4-24-18(22)9-10-21-11-16(13(2)3)17(12-21)19(23)14-5-7-15(20)8-6-14/h5-8,11-13H,4,9-10,20H2,1-3H3. The Bertz CT molecular complexity index is 715. The molecular formula is C19H24N2O3. The molecule has 0 unspecified atom stereocenters. The van der Waals surface area contributed by atoms with Gasteiger partial charge in [0.1, 0.15) is 0 Å². The van der Waals surface area contributed by atoms with Gasteiger partial charge in [0, 0.05) is 35.8 Å². The van der Waals surface area contributed by atoms with Crippen LogP contribution in [0, 0.1) is 0 Å². The Morgan fingerprint density at radius 1 is 1.17 bits per heavy atom. The average molecular weight is 328 g/mol. The van der Waals surface area contributed by atoms with Crippen LogP contribution in [0.1, 0.15) is 54.6 Å². The van der Waals surface area contributed by atoms with E-state index in [-0.39, 0.29) is 24.1 Å². The first-order valence-electron chi connectivity index (χ1n) is 8.18. The van der Waals surface area contributed by atoms with Gasteiger partial charge in [0.05, 0.1) is 13.0 Å². The molecule has 0 amide bonds. The van der Waals surface area contributed by atoms with Gasteiger partial charge < -0.3 is 15.0 Å². The highest BCUT2D eigenvalue weighted by Crippen LogP contribution is 2.24. The van der Waals surface area contributed by atoms with E-state index in [0.29, 0.717) is 30.0 Å². The van der Waals surface area contributed by atoms with Gasteiger partial charge in [0.2, 0.25) is 0 Å². The minimum Gasteiger partial charge on any atom is -0.466 e. The molecule has 2 aromatic rings. The van der Waals surface area contributed by atoms with Gasteiger partial charge in [0.15, 0.2) is 5.78 Å². The van der Waals surface area contributed by atoms with Crippen molar-refractivity contribution in [3.63, 3.8) is 0 Å². The Morgan fingerprint density at radius 2 is 1.83 bits per heavy atom. The van der Waals surface area contributed by atoms with Crippen LogP contribution in [-0.2, 0) is 16.1 Å². The van der Waals surface area contributed by atoms with Crippen LogP contribution < -0.4 is 5.73 Å². The quantitative estimate of drug-likeness (QED) is 0.480. The highest BCUT2D eigenvalue weighted by Gasteiger charge is 2.18. The van der Waals surface area contributed by atoms with Gasteiger partial charge in [-0.2, -0.15) is 0 Å². The van der Waals surface area contributed by atoms with Gasteiger partial charge >= 0.3 is 5.97 Å². The fraction of sp³-hybridized carbons (Fsp3) is 0.368. The summed E-state index contributed by atoms with van der Waals surface area (Å²) in [5.74, 6) is -0.0566. The lowest BCUT2D eigenvalue weighted by Crippen LogP contribution is -2.08. The molecule has 0 aliphatic carbocycles. The second-order valence-electron chi connectivity index (χ2n) is 6.03. The monoisotopic (exact) mass is 328 g/mol. The predicted molar refractivity (Wildman–Crippen MR) is 94.1 cm³/mol. The van der Waals surface area contributed by atoms with Crippen molar-refractivity contribution in [3.8, 4) is 0 Å². The molecule has 0 fully saturated rings. The van der Waals surface area contributed by atoms with Crippen LogP contribution in [0.2, 0.25) is 0 Å². The van der Waals surface area contributed by atoms with E-state index in [0.717, 1.165) is 5.56 Å². The lowest BCUT2D eigenvalue weighted by molar-refractivity contribution is -0.143. The zero-order chi connectivity index (χ0) is 17.7. The van der Waals surface area contributed by atoms with Crippen LogP contribution in [0.25, 0.3) is 0 Å². The number of hydrogen-bond acceptors (Lipinski definition) is 4. The highest BCUT2D eigenvalue weighted by molar-refractivity contribution is 6.10. The van der Waals surface area contributed by atoms with Gasteiger partial charge in [-0.3, -0.25) is 9.59 Å². The fourth-order valence-corrected chi connectivity index (χ4v) is 2.55. The minimum atomic E-state index is -0.233. The largest absolute Gasteiger partial charge is 0.466 e. The number of ether oxygens (including phenoxy) is 1. The second kappa shape index (κ2) is 7.81. The van der Waals surface area contributed by atoms with Crippen molar-refractivity contribution < 1.29 is 14.3 Å². The third-order valence-corrected chi connectivity index (χ3v) is 3.83. The molecule has 0 aliphatic rings. The molecule has 0 radical (unpaired) electrons. The Morgan fingerprint density at radius 3 is 2.42 bits per heavy atom. The molecule has 0 aliphatic heterocycles. The maximum atomic E-state index is 12.8. The lowest BCUT2D eigenvalue weighted by Gasteiger charge is -2.06. The predicted octanol–water partition coefficient (Wildman–Crippen LogP) is 3.38. The third-order valence-electron chi connectivity index (χ3n) is 3.83. The molecule has 1 heterocycles. The molecule has 0 saturated heterocycles. The van der Waals surface area contributed by atoms with Crippen molar-refractivity contribution in [3.05, 3.63) is 53.3 Å². The number of carbonyl (C=O) groups is 2. The van der Waals surface area contributed by atoms with Gasteiger partial charge in [0.25, 0.3) is 0 Å². The van der Waals surface area contributed by atoms with Gasteiger partial charge in [-0.15, -0.1) is 0 Å². The molecule has 0 bridgehead atoms. The maximum Gasteiger partial charge on any atom is 0.307 e. The topological polar surface area (TPSA) is 74.3 Å². The van der Waals surface area contributed by atoms with Crippen LogP contribution in [0.15, 0.2) is 36.7 Å². The number of esters is 1. The van der Waals surface area contributed by atoms with E-state index in [2.05, 4.69) is 0 Å². The van der Waals surface area contributed by atoms with E-state index in [1.54, 1.807) is 31.2 Å². The van der Waals surface area contributed by atoms with Gasteiger partial charge in [-0.05, 0) is 42.7 Å². The Balaban J connectivity index is 2.23. The molecule has 5 heteroatoms. The Hall–Kier alpha value is -2.56. The molecule has 1 aromatic heterocycles. The number of rotatable bonds is 7. The van der Waals surface area contributed by atoms with E-state index in [4.69, 9.17) is 10.5 Å². The first-order chi connectivity index (χ1) is 11.4. The molecule has 24 heavy (non-hydrogen) atoms. The highest BCUT2D eigenvalue weighted by atomic mass is 16.5. The molecule has 0 saturated carbocycles. The van der Waals surface area contributed by atoms with E-state index in [1.807, 2.05) is 30.8 Å². The number of aryl methyl sites for hydroxylation is 1. The zero-order valence-electron chi connectivity index (χ0n) is 14.4. The maximum absolute atomic E-state index is 12.8. The summed E-state index contributed by atoms with van der Waals surface area (Å²) in [7, 11) is 0. The number of nitrogens with zero attached hydrogens (tertiary/aromatic N) is 1. The van der Waals surface area contributed by atoms with Crippen molar-refractivity contribution in [1.29, 1.82) is 0 Å². The molecule has 0 spiro atoms. The summed E-state index contributed by atoms with van der Waals surface area (Å²) >= 11 is 0. The smallest absolute Gasteiger partial charge is 0.307 e. The lowest BCUT2D eigenvalue weighted by atomic mass is 9.96. The Labute approximate surface area is 142 Å². The SMILES string of the molecule is CCOC(=O)CCn1cc(C(=O)c2ccc(N)cc2)c(C(C)C)c1. The molecule has 2 N–H and O–H groups in total. The summed E-state index contributed by atoms with van der Waals surface area (Å²) in [6, 6.07) is 6.91. The number of ketones is 1. The number of nitrogens with two attached hydrogens (primary N) is 1. The number of hydrogen-bond donors (Lipinski definition) is 1. The molecule has 2 rings (SSSR count). The van der Waals surface area contributed by atoms with Crippen molar-refractivity contribution in [2.45, 2.75) is 39.7 Å². The molecular weight excluding hydrogens is 304 g/mol. The summed E-state index contributed by atoms with van der Waals surface area (Å²) in [6.45, 7) is 6.75. The zero-order valence-corrected chi connectivity index (χ0v) is 14.4. The second-order valence-corrected chi connectivity index (χ2v) is 6.03. The number of aromatic nitrogens is 1.